The fourth-order valence-electron chi connectivity index (χ4n) is 1.64. The SMILES string of the molecule is CC(C)C(=O)N(CC(C)C(=O)O)c1ccccc1Cl. The largest absolute Gasteiger partial charge is 0.481 e. The van der Waals surface area contributed by atoms with Crippen molar-refractivity contribution in [1.82, 2.24) is 0 Å². The van der Waals surface area contributed by atoms with Crippen molar-refractivity contribution in [1.29, 1.82) is 0 Å². The molecule has 0 spiro atoms. The van der Waals surface area contributed by atoms with Crippen LogP contribution in [0.1, 0.15) is 20.8 Å². The number of carboxylic acid groups (broad SMARTS) is 1. The standard InChI is InChI=1S/C14H18ClNO3/c1-9(2)13(17)16(8-10(3)14(18)19)12-7-5-4-6-11(12)15/h4-7,9-10H,8H2,1-3H3,(H,18,19). The number of aliphatic carboxylic acids is 1. The summed E-state index contributed by atoms with van der Waals surface area (Å²) < 4.78 is 0. The van der Waals surface area contributed by atoms with Gasteiger partial charge in [-0.05, 0) is 12.1 Å². The van der Waals surface area contributed by atoms with Gasteiger partial charge in [0.1, 0.15) is 0 Å². The highest BCUT2D eigenvalue weighted by Gasteiger charge is 2.25. The van der Waals surface area contributed by atoms with Gasteiger partial charge in [-0.2, -0.15) is 0 Å². The number of nitrogens with zero attached hydrogens (tertiary/aromatic N) is 1. The molecule has 1 N–H and O–H groups in total. The zero-order valence-electron chi connectivity index (χ0n) is 11.3. The Balaban J connectivity index is 3.09. The van der Waals surface area contributed by atoms with E-state index in [1.807, 2.05) is 0 Å². The molecule has 104 valence electrons. The van der Waals surface area contributed by atoms with Crippen molar-refractivity contribution in [3.8, 4) is 0 Å². The monoisotopic (exact) mass is 283 g/mol. The lowest BCUT2D eigenvalue weighted by molar-refractivity contribution is -0.140. The molecule has 0 saturated carbocycles. The third kappa shape index (κ3) is 3.96. The van der Waals surface area contributed by atoms with Gasteiger partial charge in [-0.15, -0.1) is 0 Å². The van der Waals surface area contributed by atoms with E-state index in [4.69, 9.17) is 16.7 Å². The first-order chi connectivity index (χ1) is 8.84. The van der Waals surface area contributed by atoms with Crippen molar-refractivity contribution < 1.29 is 14.7 Å². The Kier molecular flexibility index (Phi) is 5.36. The third-order valence-electron chi connectivity index (χ3n) is 2.78. The second kappa shape index (κ2) is 6.57. The first-order valence-corrected chi connectivity index (χ1v) is 6.51. The Morgan fingerprint density at radius 2 is 1.84 bits per heavy atom. The number of carboxylic acids is 1. The average Bonchev–Trinajstić information content (AvgIpc) is 2.35. The number of benzene rings is 1. The van der Waals surface area contributed by atoms with Crippen molar-refractivity contribution in [3.63, 3.8) is 0 Å². The number of carbonyl (C=O) groups excluding carboxylic acids is 1. The number of hydrogen-bond donors (Lipinski definition) is 1. The molecule has 0 fully saturated rings. The van der Waals surface area contributed by atoms with Crippen LogP contribution in [0.4, 0.5) is 5.69 Å². The fourth-order valence-corrected chi connectivity index (χ4v) is 1.88. The van der Waals surface area contributed by atoms with Gasteiger partial charge in [0.2, 0.25) is 5.91 Å². The zero-order valence-corrected chi connectivity index (χ0v) is 12.0. The maximum Gasteiger partial charge on any atom is 0.308 e. The van der Waals surface area contributed by atoms with Gasteiger partial charge in [0.05, 0.1) is 16.6 Å². The lowest BCUT2D eigenvalue weighted by atomic mass is 10.1. The van der Waals surface area contributed by atoms with Crippen molar-refractivity contribution in [2.75, 3.05) is 11.4 Å². The molecule has 0 bridgehead atoms. The Morgan fingerprint density at radius 1 is 1.26 bits per heavy atom. The first-order valence-electron chi connectivity index (χ1n) is 6.13. The average molecular weight is 284 g/mol. The zero-order chi connectivity index (χ0) is 14.6. The van der Waals surface area contributed by atoms with E-state index in [0.717, 1.165) is 0 Å². The number of carbonyl (C=O) groups is 2. The highest BCUT2D eigenvalue weighted by Crippen LogP contribution is 2.27. The minimum Gasteiger partial charge on any atom is -0.481 e. The molecule has 0 heterocycles. The quantitative estimate of drug-likeness (QED) is 0.903. The highest BCUT2D eigenvalue weighted by molar-refractivity contribution is 6.33. The number of rotatable bonds is 5. The molecule has 0 aliphatic carbocycles. The Labute approximate surface area is 118 Å². The van der Waals surface area contributed by atoms with E-state index in [2.05, 4.69) is 0 Å². The molecule has 1 amide bonds. The number of halogens is 1. The van der Waals surface area contributed by atoms with Gasteiger partial charge in [0.15, 0.2) is 0 Å². The molecule has 1 unspecified atom stereocenters. The Morgan fingerprint density at radius 3 is 2.32 bits per heavy atom. The van der Waals surface area contributed by atoms with Gasteiger partial charge in [0, 0.05) is 12.5 Å². The van der Waals surface area contributed by atoms with Crippen LogP contribution in [-0.2, 0) is 9.59 Å². The molecule has 4 nitrogen and oxygen atoms in total. The highest BCUT2D eigenvalue weighted by atomic mass is 35.5. The third-order valence-corrected chi connectivity index (χ3v) is 3.10. The molecule has 0 aromatic heterocycles. The summed E-state index contributed by atoms with van der Waals surface area (Å²) in [4.78, 5) is 24.7. The lowest BCUT2D eigenvalue weighted by Gasteiger charge is -2.27. The minimum atomic E-state index is -0.936. The van der Waals surface area contributed by atoms with Crippen molar-refractivity contribution in [2.45, 2.75) is 20.8 Å². The van der Waals surface area contributed by atoms with Gasteiger partial charge in [0.25, 0.3) is 0 Å². The van der Waals surface area contributed by atoms with E-state index in [-0.39, 0.29) is 18.4 Å². The predicted molar refractivity (Wildman–Crippen MR) is 75.4 cm³/mol. The summed E-state index contributed by atoms with van der Waals surface area (Å²) in [6.45, 7) is 5.23. The molecule has 1 aromatic rings. The van der Waals surface area contributed by atoms with Crippen molar-refractivity contribution in [2.24, 2.45) is 11.8 Å². The van der Waals surface area contributed by atoms with Crippen LogP contribution in [0.5, 0.6) is 0 Å². The van der Waals surface area contributed by atoms with Crippen LogP contribution >= 0.6 is 11.6 Å². The summed E-state index contributed by atoms with van der Waals surface area (Å²) in [7, 11) is 0. The Hall–Kier alpha value is -1.55. The fraction of sp³-hybridized carbons (Fsp3) is 0.429. The summed E-state index contributed by atoms with van der Waals surface area (Å²) in [6, 6.07) is 6.94. The van der Waals surface area contributed by atoms with Gasteiger partial charge in [-0.25, -0.2) is 0 Å². The van der Waals surface area contributed by atoms with Crippen LogP contribution in [0.25, 0.3) is 0 Å². The van der Waals surface area contributed by atoms with E-state index < -0.39 is 11.9 Å². The number of anilines is 1. The second-order valence-corrected chi connectivity index (χ2v) is 5.20. The summed E-state index contributed by atoms with van der Waals surface area (Å²) in [5.74, 6) is -1.95. The molecule has 1 rings (SSSR count). The molecule has 0 aliphatic rings. The maximum atomic E-state index is 12.2. The smallest absolute Gasteiger partial charge is 0.308 e. The molecule has 19 heavy (non-hydrogen) atoms. The first kappa shape index (κ1) is 15.5. The summed E-state index contributed by atoms with van der Waals surface area (Å²) in [5.41, 5.74) is 0.552. The topological polar surface area (TPSA) is 57.6 Å². The number of hydrogen-bond acceptors (Lipinski definition) is 2. The molecule has 0 radical (unpaired) electrons. The molecule has 5 heteroatoms. The van der Waals surface area contributed by atoms with Crippen LogP contribution in [0.2, 0.25) is 5.02 Å². The second-order valence-electron chi connectivity index (χ2n) is 4.79. The maximum absolute atomic E-state index is 12.2. The summed E-state index contributed by atoms with van der Waals surface area (Å²) in [5, 5.41) is 9.44. The molecular formula is C14H18ClNO3. The van der Waals surface area contributed by atoms with Crippen LogP contribution in [0, 0.1) is 11.8 Å². The van der Waals surface area contributed by atoms with Gasteiger partial charge < -0.3 is 10.0 Å². The predicted octanol–water partition coefficient (Wildman–Crippen LogP) is 3.05. The van der Waals surface area contributed by atoms with Gasteiger partial charge in [-0.1, -0.05) is 44.5 Å². The number of para-hydroxylation sites is 1. The van der Waals surface area contributed by atoms with Crippen LogP contribution in [0.15, 0.2) is 24.3 Å². The lowest BCUT2D eigenvalue weighted by Crippen LogP contribution is -2.39. The van der Waals surface area contributed by atoms with Gasteiger partial charge in [-0.3, -0.25) is 9.59 Å². The van der Waals surface area contributed by atoms with Crippen molar-refractivity contribution >= 4 is 29.2 Å². The van der Waals surface area contributed by atoms with E-state index in [0.29, 0.717) is 10.7 Å². The van der Waals surface area contributed by atoms with E-state index in [9.17, 15) is 9.59 Å². The van der Waals surface area contributed by atoms with Crippen LogP contribution in [0.3, 0.4) is 0 Å². The van der Waals surface area contributed by atoms with Crippen LogP contribution < -0.4 is 4.90 Å². The van der Waals surface area contributed by atoms with Crippen molar-refractivity contribution in [3.05, 3.63) is 29.3 Å². The molecule has 1 aromatic carbocycles. The van der Waals surface area contributed by atoms with Crippen LogP contribution in [-0.4, -0.2) is 23.5 Å². The summed E-state index contributed by atoms with van der Waals surface area (Å²) in [6.07, 6.45) is 0. The molecule has 0 aliphatic heterocycles. The van der Waals surface area contributed by atoms with E-state index in [1.54, 1.807) is 45.0 Å². The molecule has 1 atom stereocenters. The Bertz CT molecular complexity index is 474. The number of amides is 1. The van der Waals surface area contributed by atoms with E-state index in [1.165, 1.54) is 4.90 Å². The van der Waals surface area contributed by atoms with Gasteiger partial charge >= 0.3 is 5.97 Å². The normalized spacial score (nSPS) is 12.3. The molecular weight excluding hydrogens is 266 g/mol. The molecule has 0 saturated heterocycles. The summed E-state index contributed by atoms with van der Waals surface area (Å²) >= 11 is 6.09. The van der Waals surface area contributed by atoms with E-state index >= 15 is 0 Å². The minimum absolute atomic E-state index is 0.107.